The van der Waals surface area contributed by atoms with Crippen LogP contribution in [0.4, 0.5) is 0 Å². The summed E-state index contributed by atoms with van der Waals surface area (Å²) in [5.74, 6) is 3.72. The van der Waals surface area contributed by atoms with Crippen molar-refractivity contribution < 1.29 is 4.42 Å². The SMILES string of the molecule is N#Cc1ccc(CNC2CCCSC2)o1. The zero-order valence-electron chi connectivity index (χ0n) is 8.53. The van der Waals surface area contributed by atoms with Crippen LogP contribution < -0.4 is 5.32 Å². The zero-order chi connectivity index (χ0) is 10.5. The van der Waals surface area contributed by atoms with E-state index in [4.69, 9.17) is 9.68 Å². The van der Waals surface area contributed by atoms with Crippen LogP contribution in [0.3, 0.4) is 0 Å². The molecule has 1 aliphatic rings. The Kier molecular flexibility index (Phi) is 3.70. The summed E-state index contributed by atoms with van der Waals surface area (Å²) in [5.41, 5.74) is 0. The molecule has 1 aliphatic heterocycles. The third-order valence-electron chi connectivity index (χ3n) is 2.50. The monoisotopic (exact) mass is 222 g/mol. The average Bonchev–Trinajstić information content (AvgIpc) is 2.76. The van der Waals surface area contributed by atoms with Gasteiger partial charge in [0.15, 0.2) is 0 Å². The van der Waals surface area contributed by atoms with Crippen molar-refractivity contribution in [3.05, 3.63) is 23.7 Å². The molecule has 1 aromatic heterocycles. The van der Waals surface area contributed by atoms with Crippen LogP contribution in [-0.4, -0.2) is 17.5 Å². The largest absolute Gasteiger partial charge is 0.449 e. The van der Waals surface area contributed by atoms with Crippen molar-refractivity contribution in [1.29, 1.82) is 5.26 Å². The fourth-order valence-electron chi connectivity index (χ4n) is 1.68. The van der Waals surface area contributed by atoms with Gasteiger partial charge in [0.05, 0.1) is 6.54 Å². The maximum atomic E-state index is 8.60. The van der Waals surface area contributed by atoms with E-state index >= 15 is 0 Å². The first-order chi connectivity index (χ1) is 7.38. The lowest BCUT2D eigenvalue weighted by Gasteiger charge is -2.21. The second-order valence-corrected chi connectivity index (χ2v) is 4.82. The van der Waals surface area contributed by atoms with Gasteiger partial charge in [-0.15, -0.1) is 0 Å². The summed E-state index contributed by atoms with van der Waals surface area (Å²) in [4.78, 5) is 0. The van der Waals surface area contributed by atoms with Gasteiger partial charge in [-0.3, -0.25) is 0 Å². The van der Waals surface area contributed by atoms with Crippen LogP contribution in [0.15, 0.2) is 16.5 Å². The maximum Gasteiger partial charge on any atom is 0.203 e. The quantitative estimate of drug-likeness (QED) is 0.851. The van der Waals surface area contributed by atoms with E-state index in [9.17, 15) is 0 Å². The third-order valence-corrected chi connectivity index (χ3v) is 3.71. The summed E-state index contributed by atoms with van der Waals surface area (Å²) >= 11 is 2.00. The van der Waals surface area contributed by atoms with E-state index in [1.165, 1.54) is 24.3 Å². The van der Waals surface area contributed by atoms with Crippen LogP contribution in [-0.2, 0) is 6.54 Å². The van der Waals surface area contributed by atoms with Crippen molar-refractivity contribution in [2.75, 3.05) is 11.5 Å². The molecular formula is C11H14N2OS. The number of hydrogen-bond donors (Lipinski definition) is 1. The van der Waals surface area contributed by atoms with Gasteiger partial charge in [0.2, 0.25) is 5.76 Å². The molecule has 0 bridgehead atoms. The van der Waals surface area contributed by atoms with Crippen molar-refractivity contribution in [3.63, 3.8) is 0 Å². The molecule has 0 aliphatic carbocycles. The molecule has 1 unspecified atom stereocenters. The van der Waals surface area contributed by atoms with Gasteiger partial charge in [-0.25, -0.2) is 0 Å². The highest BCUT2D eigenvalue weighted by atomic mass is 32.2. The molecule has 15 heavy (non-hydrogen) atoms. The van der Waals surface area contributed by atoms with Gasteiger partial charge >= 0.3 is 0 Å². The molecule has 1 saturated heterocycles. The summed E-state index contributed by atoms with van der Waals surface area (Å²) in [5, 5.41) is 12.1. The Labute approximate surface area is 93.8 Å². The standard InChI is InChI=1S/C11H14N2OS/c12-6-10-3-4-11(14-10)7-13-9-2-1-5-15-8-9/h3-4,9,13H,1-2,5,7-8H2. The van der Waals surface area contributed by atoms with Crippen LogP contribution in [0, 0.1) is 11.3 Å². The molecule has 1 N–H and O–H groups in total. The summed E-state index contributed by atoms with van der Waals surface area (Å²) in [6.45, 7) is 0.729. The molecular weight excluding hydrogens is 208 g/mol. The Morgan fingerprint density at radius 1 is 1.60 bits per heavy atom. The molecule has 2 rings (SSSR count). The second-order valence-electron chi connectivity index (χ2n) is 3.67. The number of furan rings is 1. The molecule has 4 heteroatoms. The summed E-state index contributed by atoms with van der Waals surface area (Å²) < 4.78 is 5.29. The molecule has 1 atom stereocenters. The van der Waals surface area contributed by atoms with Crippen molar-refractivity contribution in [1.82, 2.24) is 5.32 Å². The van der Waals surface area contributed by atoms with Crippen molar-refractivity contribution in [2.24, 2.45) is 0 Å². The highest BCUT2D eigenvalue weighted by Gasteiger charge is 2.13. The zero-order valence-corrected chi connectivity index (χ0v) is 9.35. The Hall–Kier alpha value is -0.920. The van der Waals surface area contributed by atoms with Crippen LogP contribution in [0.2, 0.25) is 0 Å². The van der Waals surface area contributed by atoms with Crippen LogP contribution in [0.1, 0.15) is 24.4 Å². The number of thioether (sulfide) groups is 1. The number of rotatable bonds is 3. The minimum atomic E-state index is 0.393. The van der Waals surface area contributed by atoms with Gasteiger partial charge in [0, 0.05) is 11.8 Å². The lowest BCUT2D eigenvalue weighted by molar-refractivity contribution is 0.437. The van der Waals surface area contributed by atoms with Crippen molar-refractivity contribution >= 4 is 11.8 Å². The lowest BCUT2D eigenvalue weighted by Crippen LogP contribution is -2.33. The predicted octanol–water partition coefficient (Wildman–Crippen LogP) is 2.14. The molecule has 1 fully saturated rings. The molecule has 0 amide bonds. The number of nitrogens with one attached hydrogen (secondary N) is 1. The highest BCUT2D eigenvalue weighted by molar-refractivity contribution is 7.99. The minimum absolute atomic E-state index is 0.393. The summed E-state index contributed by atoms with van der Waals surface area (Å²) in [6, 6.07) is 6.16. The first kappa shape index (κ1) is 10.6. The smallest absolute Gasteiger partial charge is 0.203 e. The van der Waals surface area contributed by atoms with E-state index in [-0.39, 0.29) is 0 Å². The molecule has 80 valence electrons. The number of hydrogen-bond acceptors (Lipinski definition) is 4. The van der Waals surface area contributed by atoms with Crippen molar-refractivity contribution in [3.8, 4) is 6.07 Å². The van der Waals surface area contributed by atoms with Crippen LogP contribution >= 0.6 is 11.8 Å². The van der Waals surface area contributed by atoms with Gasteiger partial charge in [0.1, 0.15) is 11.8 Å². The fraction of sp³-hybridized carbons (Fsp3) is 0.545. The van der Waals surface area contributed by atoms with Crippen LogP contribution in [0.25, 0.3) is 0 Å². The highest BCUT2D eigenvalue weighted by Crippen LogP contribution is 2.17. The Morgan fingerprint density at radius 3 is 3.20 bits per heavy atom. The molecule has 3 nitrogen and oxygen atoms in total. The molecule has 0 saturated carbocycles. The van der Waals surface area contributed by atoms with Gasteiger partial charge < -0.3 is 9.73 Å². The minimum Gasteiger partial charge on any atom is -0.449 e. The Balaban J connectivity index is 1.79. The first-order valence-electron chi connectivity index (χ1n) is 5.18. The predicted molar refractivity (Wildman–Crippen MR) is 60.6 cm³/mol. The summed E-state index contributed by atoms with van der Waals surface area (Å²) in [6.07, 6.45) is 2.54. The van der Waals surface area contributed by atoms with E-state index < -0.39 is 0 Å². The van der Waals surface area contributed by atoms with Gasteiger partial charge in [-0.2, -0.15) is 17.0 Å². The van der Waals surface area contributed by atoms with E-state index in [0.29, 0.717) is 11.8 Å². The van der Waals surface area contributed by atoms with Gasteiger partial charge in [0.25, 0.3) is 0 Å². The number of nitrogens with zero attached hydrogens (tertiary/aromatic N) is 1. The number of nitriles is 1. The third kappa shape index (κ3) is 3.01. The summed E-state index contributed by atoms with van der Waals surface area (Å²) in [7, 11) is 0. The molecule has 0 spiro atoms. The topological polar surface area (TPSA) is 49.0 Å². The Morgan fingerprint density at radius 2 is 2.53 bits per heavy atom. The van der Waals surface area contributed by atoms with E-state index in [1.54, 1.807) is 6.07 Å². The van der Waals surface area contributed by atoms with Gasteiger partial charge in [-0.1, -0.05) is 0 Å². The van der Waals surface area contributed by atoms with Crippen molar-refractivity contribution in [2.45, 2.75) is 25.4 Å². The molecule has 2 heterocycles. The van der Waals surface area contributed by atoms with E-state index in [2.05, 4.69) is 5.32 Å². The normalized spacial score (nSPS) is 21.1. The molecule has 0 radical (unpaired) electrons. The first-order valence-corrected chi connectivity index (χ1v) is 6.34. The molecule has 0 aromatic carbocycles. The van der Waals surface area contributed by atoms with E-state index in [1.807, 2.05) is 23.9 Å². The van der Waals surface area contributed by atoms with E-state index in [0.717, 1.165) is 12.3 Å². The fourth-order valence-corrected chi connectivity index (χ4v) is 2.79. The maximum absolute atomic E-state index is 8.60. The molecule has 1 aromatic rings. The van der Waals surface area contributed by atoms with Crippen LogP contribution in [0.5, 0.6) is 0 Å². The van der Waals surface area contributed by atoms with Gasteiger partial charge in [-0.05, 0) is 30.7 Å². The second kappa shape index (κ2) is 5.24. The lowest BCUT2D eigenvalue weighted by atomic mass is 10.2. The Bertz CT molecular complexity index is 350. The average molecular weight is 222 g/mol.